The third-order valence-electron chi connectivity index (χ3n) is 1.16. The number of hydrogen-bond donors (Lipinski definition) is 1. The van der Waals surface area contributed by atoms with Gasteiger partial charge in [0.05, 0.1) is 7.11 Å². The summed E-state index contributed by atoms with van der Waals surface area (Å²) >= 11 is 0. The fourth-order valence-electron chi connectivity index (χ4n) is 0.679. The fraction of sp³-hybridized carbons (Fsp3) is 0.333. The number of hydrogen-bond acceptors (Lipinski definition) is 3. The van der Waals surface area contributed by atoms with Crippen LogP contribution in [0.4, 0.5) is 0 Å². The lowest BCUT2D eigenvalue weighted by molar-refractivity contribution is -0.107. The van der Waals surface area contributed by atoms with Crippen molar-refractivity contribution in [2.45, 2.75) is 6.17 Å². The van der Waals surface area contributed by atoms with Crippen LogP contribution in [-0.2, 0) is 4.84 Å². The summed E-state index contributed by atoms with van der Waals surface area (Å²) in [6.07, 6.45) is 7.25. The van der Waals surface area contributed by atoms with E-state index >= 15 is 0 Å². The van der Waals surface area contributed by atoms with Crippen molar-refractivity contribution in [3.05, 3.63) is 24.4 Å². The molecule has 3 nitrogen and oxygen atoms in total. The summed E-state index contributed by atoms with van der Waals surface area (Å²) in [5.41, 5.74) is 5.55. The van der Waals surface area contributed by atoms with Crippen LogP contribution in [0.15, 0.2) is 24.4 Å². The van der Waals surface area contributed by atoms with E-state index in [2.05, 4.69) is 0 Å². The maximum Gasteiger partial charge on any atom is 0.122 e. The lowest BCUT2D eigenvalue weighted by Crippen LogP contribution is -2.36. The molecular formula is C6H10N2O. The average Bonchev–Trinajstić information content (AvgIpc) is 1.89. The molecule has 0 spiro atoms. The van der Waals surface area contributed by atoms with Crippen LogP contribution in [0.3, 0.4) is 0 Å². The van der Waals surface area contributed by atoms with Gasteiger partial charge in [-0.15, -0.1) is 0 Å². The minimum atomic E-state index is -0.139. The zero-order valence-electron chi connectivity index (χ0n) is 5.32. The van der Waals surface area contributed by atoms with E-state index in [4.69, 9.17) is 10.6 Å². The van der Waals surface area contributed by atoms with Gasteiger partial charge in [0.2, 0.25) is 0 Å². The molecule has 0 aromatic carbocycles. The molecule has 1 heterocycles. The van der Waals surface area contributed by atoms with Crippen LogP contribution in [-0.4, -0.2) is 18.3 Å². The molecule has 1 rings (SSSR count). The predicted molar refractivity (Wildman–Crippen MR) is 35.1 cm³/mol. The standard InChI is InChI=1S/C6H10N2O/c1-9-8-5-3-2-4-6(8)7/h2-6H,7H2,1H3. The Morgan fingerprint density at radius 1 is 1.56 bits per heavy atom. The topological polar surface area (TPSA) is 38.5 Å². The third-order valence-corrected chi connectivity index (χ3v) is 1.16. The van der Waals surface area contributed by atoms with Gasteiger partial charge in [-0.25, -0.2) is 5.06 Å². The van der Waals surface area contributed by atoms with Gasteiger partial charge in [-0.3, -0.25) is 4.84 Å². The highest BCUT2D eigenvalue weighted by Crippen LogP contribution is 2.01. The molecule has 9 heavy (non-hydrogen) atoms. The Hall–Kier alpha value is -0.800. The maximum atomic E-state index is 5.55. The van der Waals surface area contributed by atoms with Crippen molar-refractivity contribution >= 4 is 0 Å². The molecule has 0 saturated heterocycles. The Morgan fingerprint density at radius 2 is 2.33 bits per heavy atom. The highest BCUT2D eigenvalue weighted by atomic mass is 16.7. The van der Waals surface area contributed by atoms with Crippen LogP contribution in [0.25, 0.3) is 0 Å². The molecule has 0 saturated carbocycles. The number of nitrogens with zero attached hydrogens (tertiary/aromatic N) is 1. The van der Waals surface area contributed by atoms with Crippen molar-refractivity contribution in [2.75, 3.05) is 7.11 Å². The minimum absolute atomic E-state index is 0.139. The van der Waals surface area contributed by atoms with E-state index in [-0.39, 0.29) is 6.17 Å². The second-order valence-electron chi connectivity index (χ2n) is 1.76. The van der Waals surface area contributed by atoms with Gasteiger partial charge in [0.25, 0.3) is 0 Å². The Kier molecular flexibility index (Phi) is 1.87. The van der Waals surface area contributed by atoms with E-state index in [1.807, 2.05) is 18.2 Å². The van der Waals surface area contributed by atoms with Crippen molar-refractivity contribution < 1.29 is 4.84 Å². The maximum absolute atomic E-state index is 5.55. The fourth-order valence-corrected chi connectivity index (χ4v) is 0.679. The van der Waals surface area contributed by atoms with E-state index in [0.717, 1.165) is 0 Å². The molecule has 50 valence electrons. The quantitative estimate of drug-likeness (QED) is 0.546. The molecule has 0 radical (unpaired) electrons. The van der Waals surface area contributed by atoms with Gasteiger partial charge >= 0.3 is 0 Å². The SMILES string of the molecule is CON1C=CC=CC1N. The van der Waals surface area contributed by atoms with Crippen molar-refractivity contribution in [1.82, 2.24) is 5.06 Å². The molecule has 0 amide bonds. The summed E-state index contributed by atoms with van der Waals surface area (Å²) in [5, 5.41) is 1.57. The van der Waals surface area contributed by atoms with Crippen LogP contribution in [0.2, 0.25) is 0 Å². The highest BCUT2D eigenvalue weighted by molar-refractivity contribution is 5.09. The minimum Gasteiger partial charge on any atom is -0.306 e. The second-order valence-corrected chi connectivity index (χ2v) is 1.76. The molecule has 0 fully saturated rings. The summed E-state index contributed by atoms with van der Waals surface area (Å²) in [6, 6.07) is 0. The van der Waals surface area contributed by atoms with Gasteiger partial charge in [-0.1, -0.05) is 6.08 Å². The molecule has 1 aliphatic rings. The molecule has 0 aliphatic carbocycles. The van der Waals surface area contributed by atoms with Crippen molar-refractivity contribution in [1.29, 1.82) is 0 Å². The molecule has 1 atom stereocenters. The third kappa shape index (κ3) is 1.31. The smallest absolute Gasteiger partial charge is 0.122 e. The highest BCUT2D eigenvalue weighted by Gasteiger charge is 2.06. The molecule has 0 aromatic heterocycles. The Morgan fingerprint density at radius 3 is 2.78 bits per heavy atom. The largest absolute Gasteiger partial charge is 0.306 e. The number of hydroxylamine groups is 2. The molecule has 0 bridgehead atoms. The number of rotatable bonds is 1. The molecule has 2 N–H and O–H groups in total. The van der Waals surface area contributed by atoms with Gasteiger partial charge in [0, 0.05) is 6.20 Å². The van der Waals surface area contributed by atoms with E-state index < -0.39 is 0 Å². The van der Waals surface area contributed by atoms with Crippen molar-refractivity contribution in [2.24, 2.45) is 5.73 Å². The first-order valence-corrected chi connectivity index (χ1v) is 2.77. The monoisotopic (exact) mass is 126 g/mol. The Bertz CT molecular complexity index is 142. The van der Waals surface area contributed by atoms with Gasteiger partial charge < -0.3 is 5.73 Å². The van der Waals surface area contributed by atoms with E-state index in [9.17, 15) is 0 Å². The summed E-state index contributed by atoms with van der Waals surface area (Å²) in [4.78, 5) is 4.87. The van der Waals surface area contributed by atoms with Crippen molar-refractivity contribution in [3.63, 3.8) is 0 Å². The second kappa shape index (κ2) is 2.66. The first kappa shape index (κ1) is 6.32. The normalized spacial score (nSPS) is 25.1. The molecular weight excluding hydrogens is 116 g/mol. The first-order valence-electron chi connectivity index (χ1n) is 2.77. The van der Waals surface area contributed by atoms with E-state index in [1.54, 1.807) is 18.4 Å². The van der Waals surface area contributed by atoms with Crippen LogP contribution >= 0.6 is 0 Å². The summed E-state index contributed by atoms with van der Waals surface area (Å²) in [7, 11) is 1.59. The van der Waals surface area contributed by atoms with Crippen molar-refractivity contribution in [3.8, 4) is 0 Å². The van der Waals surface area contributed by atoms with Crippen LogP contribution in [0.5, 0.6) is 0 Å². The summed E-state index contributed by atoms with van der Waals surface area (Å²) < 4.78 is 0. The van der Waals surface area contributed by atoms with E-state index in [0.29, 0.717) is 0 Å². The van der Waals surface area contributed by atoms with Crippen LogP contribution < -0.4 is 5.73 Å². The number of nitrogens with two attached hydrogens (primary N) is 1. The molecule has 1 aliphatic heterocycles. The van der Waals surface area contributed by atoms with Gasteiger partial charge in [-0.05, 0) is 12.2 Å². The van der Waals surface area contributed by atoms with Crippen LogP contribution in [0, 0.1) is 0 Å². The molecule has 3 heteroatoms. The van der Waals surface area contributed by atoms with Gasteiger partial charge in [0.1, 0.15) is 6.17 Å². The Labute approximate surface area is 54.3 Å². The first-order chi connectivity index (χ1) is 4.34. The molecule has 1 unspecified atom stereocenters. The summed E-state index contributed by atoms with van der Waals surface area (Å²) in [6.45, 7) is 0. The van der Waals surface area contributed by atoms with Gasteiger partial charge in [-0.2, -0.15) is 0 Å². The lowest BCUT2D eigenvalue weighted by atomic mass is 10.3. The van der Waals surface area contributed by atoms with Crippen LogP contribution in [0.1, 0.15) is 0 Å². The van der Waals surface area contributed by atoms with E-state index in [1.165, 1.54) is 0 Å². The molecule has 0 aromatic rings. The summed E-state index contributed by atoms with van der Waals surface area (Å²) in [5.74, 6) is 0. The zero-order chi connectivity index (χ0) is 6.69. The Balaban J connectivity index is 2.55. The predicted octanol–water partition coefficient (Wildman–Crippen LogP) is 0.218. The number of allylic oxidation sites excluding steroid dienone is 2. The average molecular weight is 126 g/mol. The zero-order valence-corrected chi connectivity index (χ0v) is 5.32. The van der Waals surface area contributed by atoms with Gasteiger partial charge in [0.15, 0.2) is 0 Å². The lowest BCUT2D eigenvalue weighted by Gasteiger charge is -2.23.